The summed E-state index contributed by atoms with van der Waals surface area (Å²) < 4.78 is 0. The molecular formula is C21H16O2. The van der Waals surface area contributed by atoms with Crippen LogP contribution in [0.2, 0.25) is 0 Å². The Bertz CT molecular complexity index is 1080. The summed E-state index contributed by atoms with van der Waals surface area (Å²) in [5.74, 6) is -0.800. The molecular weight excluding hydrogens is 284 g/mol. The van der Waals surface area contributed by atoms with Crippen molar-refractivity contribution in [1.29, 1.82) is 0 Å². The first kappa shape index (κ1) is 13.8. The molecule has 0 saturated heterocycles. The molecule has 0 aliphatic rings. The first-order valence-electron chi connectivity index (χ1n) is 7.69. The van der Waals surface area contributed by atoms with Crippen LogP contribution in [-0.2, 0) is 11.2 Å². The van der Waals surface area contributed by atoms with Gasteiger partial charge in [0.1, 0.15) is 0 Å². The molecule has 4 aromatic rings. The van der Waals surface area contributed by atoms with E-state index >= 15 is 0 Å². The number of carboxylic acids is 1. The number of carbonyl (C=O) groups is 1. The van der Waals surface area contributed by atoms with Gasteiger partial charge in [0.2, 0.25) is 0 Å². The van der Waals surface area contributed by atoms with Crippen molar-refractivity contribution in [2.45, 2.75) is 13.3 Å². The number of rotatable bonds is 2. The van der Waals surface area contributed by atoms with Gasteiger partial charge >= 0.3 is 5.97 Å². The van der Waals surface area contributed by atoms with Crippen LogP contribution in [0.25, 0.3) is 32.3 Å². The average Bonchev–Trinajstić information content (AvgIpc) is 2.56. The van der Waals surface area contributed by atoms with Gasteiger partial charge in [0.05, 0.1) is 6.42 Å². The standard InChI is InChI=1S/C21H16O2/c1-13-10-19-18-9-5-3-7-16(18)14(12-21(22)23)11-20(19)17-8-4-2-6-15(13)17/h2-11H,12H2,1H3,(H,22,23). The molecule has 0 radical (unpaired) electrons. The van der Waals surface area contributed by atoms with Crippen LogP contribution in [-0.4, -0.2) is 11.1 Å². The molecule has 0 aliphatic heterocycles. The van der Waals surface area contributed by atoms with Gasteiger partial charge in [-0.05, 0) is 56.4 Å². The molecule has 112 valence electrons. The third-order valence-corrected chi connectivity index (χ3v) is 4.52. The summed E-state index contributed by atoms with van der Waals surface area (Å²) in [6.45, 7) is 2.13. The zero-order valence-electron chi connectivity index (χ0n) is 12.8. The van der Waals surface area contributed by atoms with Crippen LogP contribution in [0.4, 0.5) is 0 Å². The van der Waals surface area contributed by atoms with Gasteiger partial charge in [0.15, 0.2) is 0 Å². The van der Waals surface area contributed by atoms with E-state index in [-0.39, 0.29) is 6.42 Å². The Kier molecular flexibility index (Phi) is 3.05. The van der Waals surface area contributed by atoms with Crippen molar-refractivity contribution in [3.63, 3.8) is 0 Å². The van der Waals surface area contributed by atoms with Gasteiger partial charge < -0.3 is 5.11 Å². The molecule has 2 nitrogen and oxygen atoms in total. The zero-order valence-corrected chi connectivity index (χ0v) is 12.8. The number of carboxylic acid groups (broad SMARTS) is 1. The van der Waals surface area contributed by atoms with Gasteiger partial charge in [-0.15, -0.1) is 0 Å². The predicted molar refractivity (Wildman–Crippen MR) is 95.0 cm³/mol. The Morgan fingerprint density at radius 1 is 0.783 bits per heavy atom. The highest BCUT2D eigenvalue weighted by Crippen LogP contribution is 2.35. The number of hydrogen-bond acceptors (Lipinski definition) is 1. The highest BCUT2D eigenvalue weighted by atomic mass is 16.4. The highest BCUT2D eigenvalue weighted by molar-refractivity contribution is 6.19. The number of benzene rings is 4. The van der Waals surface area contributed by atoms with Crippen molar-refractivity contribution in [2.24, 2.45) is 0 Å². The van der Waals surface area contributed by atoms with Crippen LogP contribution in [0.15, 0.2) is 60.7 Å². The molecule has 0 spiro atoms. The lowest BCUT2D eigenvalue weighted by Gasteiger charge is -2.13. The third-order valence-electron chi connectivity index (χ3n) is 4.52. The fourth-order valence-corrected chi connectivity index (χ4v) is 3.52. The number of fused-ring (bicyclic) bond motifs is 5. The van der Waals surface area contributed by atoms with E-state index in [0.29, 0.717) is 0 Å². The maximum Gasteiger partial charge on any atom is 0.307 e. The van der Waals surface area contributed by atoms with E-state index in [1.165, 1.54) is 21.7 Å². The summed E-state index contributed by atoms with van der Waals surface area (Å²) in [5.41, 5.74) is 2.11. The lowest BCUT2D eigenvalue weighted by Crippen LogP contribution is -2.01. The summed E-state index contributed by atoms with van der Waals surface area (Å²) in [6.07, 6.45) is 0.0403. The average molecular weight is 300 g/mol. The summed E-state index contributed by atoms with van der Waals surface area (Å²) in [4.78, 5) is 11.3. The van der Waals surface area contributed by atoms with E-state index in [9.17, 15) is 9.90 Å². The number of hydrogen-bond donors (Lipinski definition) is 1. The molecule has 0 aromatic heterocycles. The van der Waals surface area contributed by atoms with Gasteiger partial charge in [-0.3, -0.25) is 4.79 Å². The van der Waals surface area contributed by atoms with Crippen LogP contribution in [0, 0.1) is 6.92 Å². The molecule has 0 heterocycles. The van der Waals surface area contributed by atoms with Crippen molar-refractivity contribution >= 4 is 38.3 Å². The molecule has 23 heavy (non-hydrogen) atoms. The molecule has 0 unspecified atom stereocenters. The molecule has 0 fully saturated rings. The van der Waals surface area contributed by atoms with Crippen molar-refractivity contribution in [3.05, 3.63) is 71.8 Å². The van der Waals surface area contributed by atoms with Crippen LogP contribution in [0.1, 0.15) is 11.1 Å². The van der Waals surface area contributed by atoms with E-state index < -0.39 is 5.97 Å². The zero-order chi connectivity index (χ0) is 16.0. The number of aryl methyl sites for hydroxylation is 1. The second-order valence-corrected chi connectivity index (χ2v) is 5.99. The van der Waals surface area contributed by atoms with Crippen LogP contribution >= 0.6 is 0 Å². The molecule has 0 aliphatic carbocycles. The Balaban J connectivity index is 2.24. The van der Waals surface area contributed by atoms with E-state index in [0.717, 1.165) is 21.7 Å². The minimum Gasteiger partial charge on any atom is -0.481 e. The molecule has 0 atom stereocenters. The second kappa shape index (κ2) is 5.10. The normalized spacial score (nSPS) is 11.3. The summed E-state index contributed by atoms with van der Waals surface area (Å²) in [5, 5.41) is 16.1. The van der Waals surface area contributed by atoms with E-state index in [1.807, 2.05) is 36.4 Å². The monoisotopic (exact) mass is 300 g/mol. The smallest absolute Gasteiger partial charge is 0.307 e. The highest BCUT2D eigenvalue weighted by Gasteiger charge is 2.12. The minimum atomic E-state index is -0.800. The molecule has 2 heteroatoms. The molecule has 4 aromatic carbocycles. The summed E-state index contributed by atoms with van der Waals surface area (Å²) >= 11 is 0. The SMILES string of the molecule is Cc1cc2c3ccccc3c(CC(=O)O)cc2c2ccccc12. The lowest BCUT2D eigenvalue weighted by atomic mass is 9.91. The quantitative estimate of drug-likeness (QED) is 0.524. The fraction of sp³-hybridized carbons (Fsp3) is 0.0952. The fourth-order valence-electron chi connectivity index (χ4n) is 3.52. The van der Waals surface area contributed by atoms with Crippen molar-refractivity contribution in [1.82, 2.24) is 0 Å². The minimum absolute atomic E-state index is 0.0403. The Morgan fingerprint density at radius 3 is 1.96 bits per heavy atom. The van der Waals surface area contributed by atoms with Crippen LogP contribution in [0.5, 0.6) is 0 Å². The van der Waals surface area contributed by atoms with Gasteiger partial charge in [0, 0.05) is 0 Å². The van der Waals surface area contributed by atoms with Crippen LogP contribution < -0.4 is 0 Å². The first-order valence-corrected chi connectivity index (χ1v) is 7.69. The topological polar surface area (TPSA) is 37.3 Å². The Morgan fingerprint density at radius 2 is 1.30 bits per heavy atom. The van der Waals surface area contributed by atoms with Crippen molar-refractivity contribution < 1.29 is 9.90 Å². The van der Waals surface area contributed by atoms with E-state index in [2.05, 4.69) is 31.2 Å². The van der Waals surface area contributed by atoms with Crippen molar-refractivity contribution in [2.75, 3.05) is 0 Å². The largest absolute Gasteiger partial charge is 0.481 e. The molecule has 0 amide bonds. The number of aliphatic carboxylic acids is 1. The maximum atomic E-state index is 11.3. The molecule has 0 saturated carbocycles. The molecule has 4 rings (SSSR count). The van der Waals surface area contributed by atoms with Gasteiger partial charge in [0.25, 0.3) is 0 Å². The second-order valence-electron chi connectivity index (χ2n) is 5.99. The molecule has 1 N–H and O–H groups in total. The van der Waals surface area contributed by atoms with Crippen molar-refractivity contribution in [3.8, 4) is 0 Å². The van der Waals surface area contributed by atoms with E-state index in [1.54, 1.807) is 0 Å². The van der Waals surface area contributed by atoms with Gasteiger partial charge in [-0.1, -0.05) is 54.6 Å². The summed E-state index contributed by atoms with van der Waals surface area (Å²) in [6, 6.07) is 20.6. The van der Waals surface area contributed by atoms with E-state index in [4.69, 9.17) is 0 Å². The lowest BCUT2D eigenvalue weighted by molar-refractivity contribution is -0.136. The first-order chi connectivity index (χ1) is 11.1. The Labute approximate surface area is 134 Å². The van der Waals surface area contributed by atoms with Crippen LogP contribution in [0.3, 0.4) is 0 Å². The van der Waals surface area contributed by atoms with Gasteiger partial charge in [-0.25, -0.2) is 0 Å². The predicted octanol–water partition coefficient (Wildman–Crippen LogP) is 5.08. The summed E-state index contributed by atoms with van der Waals surface area (Å²) in [7, 11) is 0. The van der Waals surface area contributed by atoms with Gasteiger partial charge in [-0.2, -0.15) is 0 Å². The third kappa shape index (κ3) is 2.15. The Hall–Kier alpha value is -2.87. The molecule has 0 bridgehead atoms. The maximum absolute atomic E-state index is 11.3.